The van der Waals surface area contributed by atoms with Gasteiger partial charge in [0, 0.05) is 12.6 Å². The van der Waals surface area contributed by atoms with Crippen LogP contribution < -0.4 is 10.1 Å². The Labute approximate surface area is 163 Å². The van der Waals surface area contributed by atoms with Gasteiger partial charge in [-0.1, -0.05) is 30.3 Å². The molecule has 1 aromatic heterocycles. The second-order valence-electron chi connectivity index (χ2n) is 6.47. The quantitative estimate of drug-likeness (QED) is 0.676. The van der Waals surface area contributed by atoms with Gasteiger partial charge in [-0.05, 0) is 42.5 Å². The summed E-state index contributed by atoms with van der Waals surface area (Å²) in [5.41, 5.74) is 4.46. The number of hydrogen-bond acceptors (Lipinski definition) is 6. The van der Waals surface area contributed by atoms with Gasteiger partial charge in [0.25, 0.3) is 0 Å². The molecule has 0 aliphatic heterocycles. The Morgan fingerprint density at radius 3 is 2.88 bits per heavy atom. The number of hydrogen-bond donors (Lipinski definition) is 2. The van der Waals surface area contributed by atoms with Crippen molar-refractivity contribution in [3.05, 3.63) is 53.6 Å². The molecule has 0 saturated carbocycles. The van der Waals surface area contributed by atoms with Crippen molar-refractivity contribution in [1.29, 1.82) is 0 Å². The monoisotopic (exact) mass is 391 g/mol. The number of rotatable bonds is 6. The molecule has 0 saturated heterocycles. The molecular weight excluding hydrogens is 370 g/mol. The van der Waals surface area contributed by atoms with Gasteiger partial charge in [-0.2, -0.15) is 8.75 Å². The molecule has 2 unspecified atom stereocenters. The van der Waals surface area contributed by atoms with Crippen LogP contribution in [0.3, 0.4) is 0 Å². The van der Waals surface area contributed by atoms with E-state index in [4.69, 9.17) is 4.74 Å². The van der Waals surface area contributed by atoms with Crippen LogP contribution in [0.25, 0.3) is 11.0 Å². The molecule has 1 heterocycles. The molecule has 0 amide bonds. The van der Waals surface area contributed by atoms with E-state index >= 15 is 0 Å². The van der Waals surface area contributed by atoms with E-state index in [2.05, 4.69) is 38.3 Å². The zero-order valence-corrected chi connectivity index (χ0v) is 15.9. The van der Waals surface area contributed by atoms with Crippen LogP contribution in [0.15, 0.2) is 42.5 Å². The first-order valence-corrected chi connectivity index (χ1v) is 9.35. The highest BCUT2D eigenvalue weighted by molar-refractivity contribution is 7.00. The minimum Gasteiger partial charge on any atom is -0.488 e. The maximum atomic E-state index is 10.2. The molecule has 26 heavy (non-hydrogen) atoms. The van der Waals surface area contributed by atoms with Crippen LogP contribution in [0, 0.1) is 0 Å². The van der Waals surface area contributed by atoms with Gasteiger partial charge in [-0.25, -0.2) is 0 Å². The molecule has 3 aromatic rings. The smallest absolute Gasteiger partial charge is 0.148 e. The summed E-state index contributed by atoms with van der Waals surface area (Å²) in [6.07, 6.45) is 2.67. The third-order valence-electron chi connectivity index (χ3n) is 4.67. The van der Waals surface area contributed by atoms with E-state index in [1.54, 1.807) is 0 Å². The third-order valence-corrected chi connectivity index (χ3v) is 5.21. The number of nitrogens with one attached hydrogen (secondary N) is 1. The summed E-state index contributed by atoms with van der Waals surface area (Å²) >= 11 is 1.17. The first kappa shape index (κ1) is 19.0. The molecule has 0 spiro atoms. The van der Waals surface area contributed by atoms with Gasteiger partial charge in [0.15, 0.2) is 0 Å². The number of fused-ring (bicyclic) bond motifs is 2. The number of benzene rings is 2. The number of halogens is 1. The Bertz CT molecular complexity index is 857. The van der Waals surface area contributed by atoms with E-state index in [9.17, 15) is 5.11 Å². The molecule has 7 heteroatoms. The van der Waals surface area contributed by atoms with Crippen LogP contribution in [0.5, 0.6) is 5.75 Å². The van der Waals surface area contributed by atoms with E-state index in [1.165, 1.54) is 22.9 Å². The van der Waals surface area contributed by atoms with Crippen LogP contribution in [0.4, 0.5) is 0 Å². The van der Waals surface area contributed by atoms with Crippen LogP contribution >= 0.6 is 24.1 Å². The maximum Gasteiger partial charge on any atom is 0.148 e. The van der Waals surface area contributed by atoms with Crippen LogP contribution in [0.2, 0.25) is 0 Å². The summed E-state index contributed by atoms with van der Waals surface area (Å²) in [6.45, 7) is 0.769. The average molecular weight is 392 g/mol. The number of nitrogens with zero attached hydrogens (tertiary/aromatic N) is 2. The minimum atomic E-state index is -0.556. The lowest BCUT2D eigenvalue weighted by molar-refractivity contribution is 0.103. The van der Waals surface area contributed by atoms with Gasteiger partial charge < -0.3 is 15.2 Å². The van der Waals surface area contributed by atoms with E-state index in [0.717, 1.165) is 30.3 Å². The maximum absolute atomic E-state index is 10.2. The van der Waals surface area contributed by atoms with Crippen LogP contribution in [-0.2, 0) is 12.8 Å². The Morgan fingerprint density at radius 1 is 1.15 bits per heavy atom. The normalized spacial score (nSPS) is 17.3. The fraction of sp³-hybridized carbons (Fsp3) is 0.368. The summed E-state index contributed by atoms with van der Waals surface area (Å²) in [4.78, 5) is 0. The highest BCUT2D eigenvalue weighted by Crippen LogP contribution is 2.24. The number of aliphatic hydroxyl groups is 1. The molecule has 2 N–H and O–H groups in total. The minimum absolute atomic E-state index is 0. The molecule has 5 nitrogen and oxygen atoms in total. The van der Waals surface area contributed by atoms with Gasteiger partial charge in [0.05, 0.1) is 11.7 Å². The molecule has 0 radical (unpaired) electrons. The van der Waals surface area contributed by atoms with E-state index < -0.39 is 6.10 Å². The van der Waals surface area contributed by atoms with Crippen molar-refractivity contribution in [3.8, 4) is 5.75 Å². The summed E-state index contributed by atoms with van der Waals surface area (Å²) < 4.78 is 14.2. The van der Waals surface area contributed by atoms with Crippen molar-refractivity contribution in [3.63, 3.8) is 0 Å². The Kier molecular flexibility index (Phi) is 6.43. The molecule has 2 aromatic carbocycles. The lowest BCUT2D eigenvalue weighted by atomic mass is 9.88. The van der Waals surface area contributed by atoms with Crippen molar-refractivity contribution in [2.45, 2.75) is 31.4 Å². The highest BCUT2D eigenvalue weighted by atomic mass is 35.5. The van der Waals surface area contributed by atoms with Gasteiger partial charge in [0.2, 0.25) is 0 Å². The molecular formula is C19H22ClN3O2S. The van der Waals surface area contributed by atoms with Crippen molar-refractivity contribution in [2.75, 3.05) is 13.2 Å². The van der Waals surface area contributed by atoms with Gasteiger partial charge in [0.1, 0.15) is 29.5 Å². The summed E-state index contributed by atoms with van der Waals surface area (Å²) in [7, 11) is 0. The second-order valence-corrected chi connectivity index (χ2v) is 7.00. The Balaban J connectivity index is 0.00000196. The Morgan fingerprint density at radius 2 is 2.00 bits per heavy atom. The number of ether oxygens (including phenoxy) is 1. The second kappa shape index (κ2) is 8.77. The molecule has 4 rings (SSSR count). The average Bonchev–Trinajstić information content (AvgIpc) is 3.14. The molecule has 0 bridgehead atoms. The molecule has 138 valence electrons. The zero-order chi connectivity index (χ0) is 17.1. The van der Waals surface area contributed by atoms with E-state index in [0.29, 0.717) is 18.3 Å². The van der Waals surface area contributed by atoms with Crippen LogP contribution in [0.1, 0.15) is 17.5 Å². The highest BCUT2D eigenvalue weighted by Gasteiger charge is 2.19. The first-order chi connectivity index (χ1) is 12.3. The SMILES string of the molecule is Cl.OC(CNC1CCc2ccccc2C1)COc1cccc2nsnc12. The van der Waals surface area contributed by atoms with Crippen LogP contribution in [-0.4, -0.2) is 39.2 Å². The topological polar surface area (TPSA) is 67.3 Å². The molecule has 2 atom stereocenters. The van der Waals surface area contributed by atoms with Gasteiger partial charge in [-0.15, -0.1) is 12.4 Å². The van der Waals surface area contributed by atoms with Gasteiger partial charge in [-0.3, -0.25) is 0 Å². The lowest BCUT2D eigenvalue weighted by Gasteiger charge is -2.26. The van der Waals surface area contributed by atoms with E-state index in [1.807, 2.05) is 18.2 Å². The third kappa shape index (κ3) is 4.32. The van der Waals surface area contributed by atoms with Crippen molar-refractivity contribution in [2.24, 2.45) is 0 Å². The molecule has 1 aliphatic carbocycles. The Hall–Kier alpha value is -1.73. The molecule has 1 aliphatic rings. The molecule has 0 fully saturated rings. The van der Waals surface area contributed by atoms with Crippen molar-refractivity contribution in [1.82, 2.24) is 14.1 Å². The summed E-state index contributed by atoms with van der Waals surface area (Å²) in [6, 6.07) is 14.7. The first-order valence-electron chi connectivity index (χ1n) is 8.62. The lowest BCUT2D eigenvalue weighted by Crippen LogP contribution is -2.40. The zero-order valence-electron chi connectivity index (χ0n) is 14.3. The predicted molar refractivity (Wildman–Crippen MR) is 106 cm³/mol. The summed E-state index contributed by atoms with van der Waals surface area (Å²) in [5, 5.41) is 13.7. The summed E-state index contributed by atoms with van der Waals surface area (Å²) in [5.74, 6) is 0.678. The fourth-order valence-corrected chi connectivity index (χ4v) is 3.86. The standard InChI is InChI=1S/C19H21N3O2S.ClH/c23-16(12-24-18-7-3-6-17-19(18)22-25-21-17)11-20-15-9-8-13-4-1-2-5-14(13)10-15;/h1-7,15-16,20,23H,8-12H2;1H. The number of aromatic nitrogens is 2. The van der Waals surface area contributed by atoms with Gasteiger partial charge >= 0.3 is 0 Å². The number of aliphatic hydroxyl groups excluding tert-OH is 1. The largest absolute Gasteiger partial charge is 0.488 e. The predicted octanol–water partition coefficient (Wildman–Crippen LogP) is 3.00. The fourth-order valence-electron chi connectivity index (χ4n) is 3.32. The van der Waals surface area contributed by atoms with Crippen molar-refractivity contribution >= 4 is 35.2 Å². The van der Waals surface area contributed by atoms with E-state index in [-0.39, 0.29) is 19.0 Å². The number of aryl methyl sites for hydroxylation is 1. The van der Waals surface area contributed by atoms with Crippen molar-refractivity contribution < 1.29 is 9.84 Å².